The van der Waals surface area contributed by atoms with E-state index in [9.17, 15) is 4.79 Å². The number of amides is 1. The highest BCUT2D eigenvalue weighted by Crippen LogP contribution is 2.20. The number of benzene rings is 1. The van der Waals surface area contributed by atoms with Crippen LogP contribution in [0.4, 0.5) is 0 Å². The molecule has 0 heterocycles. The molecule has 16 heavy (non-hydrogen) atoms. The summed E-state index contributed by atoms with van der Waals surface area (Å²) in [6.07, 6.45) is 0.460. The molecule has 0 spiro atoms. The molecule has 0 aliphatic rings. The number of halogens is 2. The summed E-state index contributed by atoms with van der Waals surface area (Å²) in [5.74, 6) is 0.0229. The van der Waals surface area contributed by atoms with Crippen LogP contribution >= 0.6 is 23.2 Å². The predicted molar refractivity (Wildman–Crippen MR) is 66.9 cm³/mol. The molecule has 0 aliphatic heterocycles. The lowest BCUT2D eigenvalue weighted by Crippen LogP contribution is -2.24. The van der Waals surface area contributed by atoms with Gasteiger partial charge in [-0.05, 0) is 17.7 Å². The quantitative estimate of drug-likeness (QED) is 0.798. The number of carbonyl (C=O) groups excluding carboxylic acids is 1. The first-order chi connectivity index (χ1) is 7.63. The summed E-state index contributed by atoms with van der Waals surface area (Å²) >= 11 is 11.8. The summed E-state index contributed by atoms with van der Waals surface area (Å²) in [5, 5.41) is 6.96. The highest BCUT2D eigenvalue weighted by atomic mass is 35.5. The van der Waals surface area contributed by atoms with Crippen molar-refractivity contribution in [2.75, 3.05) is 13.6 Å². The van der Waals surface area contributed by atoms with Gasteiger partial charge in [0.15, 0.2) is 0 Å². The smallest absolute Gasteiger partial charge is 0.221 e. The van der Waals surface area contributed by atoms with Crippen LogP contribution in [-0.4, -0.2) is 19.5 Å². The lowest BCUT2D eigenvalue weighted by atomic mass is 10.2. The first-order valence-corrected chi connectivity index (χ1v) is 5.74. The van der Waals surface area contributed by atoms with Gasteiger partial charge in [0, 0.05) is 36.6 Å². The van der Waals surface area contributed by atoms with E-state index in [0.29, 0.717) is 29.6 Å². The highest BCUT2D eigenvalue weighted by Gasteiger charge is 2.01. The fourth-order valence-corrected chi connectivity index (χ4v) is 1.69. The Hall–Kier alpha value is -0.770. The van der Waals surface area contributed by atoms with Crippen molar-refractivity contribution < 1.29 is 4.79 Å². The second kappa shape index (κ2) is 6.74. The van der Waals surface area contributed by atoms with E-state index in [4.69, 9.17) is 23.2 Å². The van der Waals surface area contributed by atoms with Gasteiger partial charge in [0.2, 0.25) is 5.91 Å². The Bertz CT molecular complexity index is 369. The Balaban J connectivity index is 2.35. The van der Waals surface area contributed by atoms with Crippen molar-refractivity contribution in [2.24, 2.45) is 0 Å². The molecule has 0 aliphatic carbocycles. The predicted octanol–water partition coefficient (Wildman–Crippen LogP) is 2.22. The van der Waals surface area contributed by atoms with Gasteiger partial charge in [-0.1, -0.05) is 29.3 Å². The topological polar surface area (TPSA) is 41.1 Å². The molecule has 3 nitrogen and oxygen atoms in total. The van der Waals surface area contributed by atoms with Crippen LogP contribution < -0.4 is 10.6 Å². The molecule has 0 unspecified atom stereocenters. The molecular formula is C11H14Cl2N2O. The van der Waals surface area contributed by atoms with E-state index in [1.165, 1.54) is 0 Å². The molecule has 0 radical (unpaired) electrons. The maximum absolute atomic E-state index is 10.9. The van der Waals surface area contributed by atoms with Crippen LogP contribution in [0.3, 0.4) is 0 Å². The SMILES string of the molecule is CNC(=O)CCNCc1ccc(Cl)cc1Cl. The van der Waals surface area contributed by atoms with E-state index >= 15 is 0 Å². The van der Waals surface area contributed by atoms with Gasteiger partial charge in [-0.25, -0.2) is 0 Å². The molecule has 5 heteroatoms. The number of rotatable bonds is 5. The van der Waals surface area contributed by atoms with Gasteiger partial charge in [-0.15, -0.1) is 0 Å². The molecule has 0 aromatic heterocycles. The molecule has 0 saturated carbocycles. The highest BCUT2D eigenvalue weighted by molar-refractivity contribution is 6.35. The average Bonchev–Trinajstić information content (AvgIpc) is 2.26. The average molecular weight is 261 g/mol. The third-order valence-electron chi connectivity index (χ3n) is 2.14. The minimum atomic E-state index is 0.0229. The molecule has 0 saturated heterocycles. The fourth-order valence-electron chi connectivity index (χ4n) is 1.22. The Labute approximate surface area is 105 Å². The van der Waals surface area contributed by atoms with Crippen molar-refractivity contribution in [3.8, 4) is 0 Å². The summed E-state index contributed by atoms with van der Waals surface area (Å²) < 4.78 is 0. The molecule has 1 amide bonds. The molecule has 88 valence electrons. The zero-order chi connectivity index (χ0) is 12.0. The van der Waals surface area contributed by atoms with Crippen LogP contribution in [0.5, 0.6) is 0 Å². The third-order valence-corrected chi connectivity index (χ3v) is 2.73. The van der Waals surface area contributed by atoms with E-state index < -0.39 is 0 Å². The minimum absolute atomic E-state index is 0.0229. The summed E-state index contributed by atoms with van der Waals surface area (Å²) in [6.45, 7) is 1.26. The van der Waals surface area contributed by atoms with Gasteiger partial charge in [0.25, 0.3) is 0 Å². The van der Waals surface area contributed by atoms with Crippen molar-refractivity contribution >= 4 is 29.1 Å². The Morgan fingerprint density at radius 2 is 2.12 bits per heavy atom. The first-order valence-electron chi connectivity index (χ1n) is 4.98. The van der Waals surface area contributed by atoms with Crippen LogP contribution in [0.25, 0.3) is 0 Å². The van der Waals surface area contributed by atoms with E-state index in [1.54, 1.807) is 19.2 Å². The van der Waals surface area contributed by atoms with E-state index in [2.05, 4.69) is 10.6 Å². The van der Waals surface area contributed by atoms with Crippen LogP contribution in [0.2, 0.25) is 10.0 Å². The maximum atomic E-state index is 10.9. The van der Waals surface area contributed by atoms with Crippen molar-refractivity contribution in [3.05, 3.63) is 33.8 Å². The number of hydrogen-bond acceptors (Lipinski definition) is 2. The van der Waals surface area contributed by atoms with Gasteiger partial charge in [0.1, 0.15) is 0 Å². The molecule has 2 N–H and O–H groups in total. The van der Waals surface area contributed by atoms with E-state index in [0.717, 1.165) is 5.56 Å². The lowest BCUT2D eigenvalue weighted by Gasteiger charge is -2.06. The zero-order valence-corrected chi connectivity index (χ0v) is 10.5. The second-order valence-electron chi connectivity index (χ2n) is 3.34. The van der Waals surface area contributed by atoms with E-state index in [-0.39, 0.29) is 5.91 Å². The monoisotopic (exact) mass is 260 g/mol. The van der Waals surface area contributed by atoms with Crippen LogP contribution in [0.1, 0.15) is 12.0 Å². The van der Waals surface area contributed by atoms with Gasteiger partial charge >= 0.3 is 0 Å². The van der Waals surface area contributed by atoms with Gasteiger partial charge in [0.05, 0.1) is 0 Å². The summed E-state index contributed by atoms with van der Waals surface area (Å²) in [4.78, 5) is 10.9. The standard InChI is InChI=1S/C11H14Cl2N2O/c1-14-11(16)4-5-15-7-8-2-3-9(12)6-10(8)13/h2-3,6,15H,4-5,7H2,1H3,(H,14,16). The Morgan fingerprint density at radius 1 is 1.38 bits per heavy atom. The number of hydrogen-bond donors (Lipinski definition) is 2. The fraction of sp³-hybridized carbons (Fsp3) is 0.364. The van der Waals surface area contributed by atoms with Crippen LogP contribution in [-0.2, 0) is 11.3 Å². The normalized spacial score (nSPS) is 10.2. The molecule has 0 atom stereocenters. The Morgan fingerprint density at radius 3 is 2.75 bits per heavy atom. The van der Waals surface area contributed by atoms with Gasteiger partial charge in [-0.2, -0.15) is 0 Å². The van der Waals surface area contributed by atoms with Gasteiger partial charge in [-0.3, -0.25) is 4.79 Å². The number of nitrogens with one attached hydrogen (secondary N) is 2. The minimum Gasteiger partial charge on any atom is -0.359 e. The maximum Gasteiger partial charge on any atom is 0.221 e. The largest absolute Gasteiger partial charge is 0.359 e. The molecular weight excluding hydrogens is 247 g/mol. The second-order valence-corrected chi connectivity index (χ2v) is 4.18. The first kappa shape index (κ1) is 13.3. The molecule has 1 aromatic carbocycles. The summed E-state index contributed by atoms with van der Waals surface area (Å²) in [5.41, 5.74) is 0.975. The van der Waals surface area contributed by atoms with Crippen LogP contribution in [0.15, 0.2) is 18.2 Å². The zero-order valence-electron chi connectivity index (χ0n) is 9.02. The number of carbonyl (C=O) groups is 1. The lowest BCUT2D eigenvalue weighted by molar-refractivity contribution is -0.120. The van der Waals surface area contributed by atoms with Crippen molar-refractivity contribution in [1.82, 2.24) is 10.6 Å². The summed E-state index contributed by atoms with van der Waals surface area (Å²) in [6, 6.07) is 5.37. The third kappa shape index (κ3) is 4.39. The Kier molecular flexibility index (Phi) is 5.60. The van der Waals surface area contributed by atoms with Gasteiger partial charge < -0.3 is 10.6 Å². The molecule has 0 bridgehead atoms. The van der Waals surface area contributed by atoms with Crippen molar-refractivity contribution in [1.29, 1.82) is 0 Å². The van der Waals surface area contributed by atoms with Crippen molar-refractivity contribution in [3.63, 3.8) is 0 Å². The summed E-state index contributed by atoms with van der Waals surface area (Å²) in [7, 11) is 1.62. The van der Waals surface area contributed by atoms with Crippen molar-refractivity contribution in [2.45, 2.75) is 13.0 Å². The molecule has 0 fully saturated rings. The molecule has 1 aromatic rings. The molecule has 1 rings (SSSR count). The van der Waals surface area contributed by atoms with Crippen LogP contribution in [0, 0.1) is 0 Å². The van der Waals surface area contributed by atoms with E-state index in [1.807, 2.05) is 6.07 Å².